The molecule has 0 aromatic heterocycles. The third-order valence-electron chi connectivity index (χ3n) is 4.98. The minimum Gasteiger partial charge on any atom is -0.497 e. The van der Waals surface area contributed by atoms with Gasteiger partial charge in [-0.15, -0.1) is 0 Å². The number of carbonyl (C=O) groups is 2. The van der Waals surface area contributed by atoms with E-state index in [4.69, 9.17) is 16.3 Å². The lowest BCUT2D eigenvalue weighted by Gasteiger charge is -2.37. The number of benzene rings is 2. The molecular formula is C22H26ClN3O3. The predicted octanol–water partition coefficient (Wildman–Crippen LogP) is 3.91. The van der Waals surface area contributed by atoms with Gasteiger partial charge in [-0.3, -0.25) is 9.59 Å². The third-order valence-corrected chi connectivity index (χ3v) is 5.29. The summed E-state index contributed by atoms with van der Waals surface area (Å²) in [4.78, 5) is 28.6. The van der Waals surface area contributed by atoms with Gasteiger partial charge in [0.05, 0.1) is 17.8 Å². The average molecular weight is 416 g/mol. The van der Waals surface area contributed by atoms with Crippen LogP contribution in [0.5, 0.6) is 5.75 Å². The topological polar surface area (TPSA) is 61.9 Å². The van der Waals surface area contributed by atoms with E-state index in [9.17, 15) is 9.59 Å². The van der Waals surface area contributed by atoms with E-state index >= 15 is 0 Å². The summed E-state index contributed by atoms with van der Waals surface area (Å²) in [5, 5.41) is 3.44. The van der Waals surface area contributed by atoms with Crippen LogP contribution in [-0.4, -0.2) is 50.0 Å². The van der Waals surface area contributed by atoms with Gasteiger partial charge in [0.25, 0.3) is 5.91 Å². The lowest BCUT2D eigenvalue weighted by Crippen LogP contribution is -2.50. The molecule has 0 saturated carbocycles. The zero-order valence-electron chi connectivity index (χ0n) is 16.9. The molecule has 0 unspecified atom stereocenters. The van der Waals surface area contributed by atoms with Crippen LogP contribution in [0.1, 0.15) is 24.2 Å². The Balaban J connectivity index is 1.63. The van der Waals surface area contributed by atoms with Crippen molar-refractivity contribution in [1.82, 2.24) is 4.90 Å². The Morgan fingerprint density at radius 2 is 1.69 bits per heavy atom. The molecule has 0 radical (unpaired) electrons. The van der Waals surface area contributed by atoms with Crippen LogP contribution in [-0.2, 0) is 4.79 Å². The van der Waals surface area contributed by atoms with E-state index in [2.05, 4.69) is 10.2 Å². The van der Waals surface area contributed by atoms with E-state index in [-0.39, 0.29) is 17.7 Å². The average Bonchev–Trinajstić information content (AvgIpc) is 2.73. The maximum absolute atomic E-state index is 12.4. The molecule has 2 aromatic carbocycles. The normalized spacial score (nSPS) is 14.1. The Bertz CT molecular complexity index is 875. The summed E-state index contributed by atoms with van der Waals surface area (Å²) in [6.07, 6.45) is 0. The molecule has 2 amide bonds. The maximum Gasteiger partial charge on any atom is 0.255 e. The van der Waals surface area contributed by atoms with Gasteiger partial charge in [-0.1, -0.05) is 25.4 Å². The standard InChI is InChI=1S/C22H26ClN3O3/c1-15(2)22(28)26-12-10-25(11-13-26)20-9-6-17(14-19(20)23)24-21(27)16-4-7-18(29-3)8-5-16/h4-9,14-15H,10-13H2,1-3H3,(H,24,27). The van der Waals surface area contributed by atoms with Crippen LogP contribution in [0.4, 0.5) is 11.4 Å². The van der Waals surface area contributed by atoms with Crippen LogP contribution in [0.3, 0.4) is 0 Å². The summed E-state index contributed by atoms with van der Waals surface area (Å²) in [6.45, 7) is 6.67. The highest BCUT2D eigenvalue weighted by Crippen LogP contribution is 2.30. The second kappa shape index (κ2) is 9.18. The van der Waals surface area contributed by atoms with Gasteiger partial charge in [0.1, 0.15) is 5.75 Å². The van der Waals surface area contributed by atoms with Gasteiger partial charge in [0.2, 0.25) is 5.91 Å². The van der Waals surface area contributed by atoms with Crippen molar-refractivity contribution in [1.29, 1.82) is 0 Å². The van der Waals surface area contributed by atoms with Crippen LogP contribution in [0.15, 0.2) is 42.5 Å². The van der Waals surface area contributed by atoms with Crippen molar-refractivity contribution in [3.8, 4) is 5.75 Å². The molecule has 154 valence electrons. The number of hydrogen-bond donors (Lipinski definition) is 1. The number of methoxy groups -OCH3 is 1. The van der Waals surface area contributed by atoms with Gasteiger partial charge in [0.15, 0.2) is 0 Å². The fourth-order valence-electron chi connectivity index (χ4n) is 3.32. The largest absolute Gasteiger partial charge is 0.497 e. The van der Waals surface area contributed by atoms with Crippen molar-refractivity contribution in [2.75, 3.05) is 43.5 Å². The van der Waals surface area contributed by atoms with Gasteiger partial charge in [-0.25, -0.2) is 0 Å². The summed E-state index contributed by atoms with van der Waals surface area (Å²) >= 11 is 6.49. The minimum atomic E-state index is -0.211. The van der Waals surface area contributed by atoms with Gasteiger partial charge < -0.3 is 19.9 Å². The Kier molecular flexibility index (Phi) is 6.64. The van der Waals surface area contributed by atoms with Gasteiger partial charge in [-0.05, 0) is 42.5 Å². The number of halogens is 1. The molecule has 2 aromatic rings. The Morgan fingerprint density at radius 1 is 1.03 bits per heavy atom. The predicted molar refractivity (Wildman–Crippen MR) is 116 cm³/mol. The molecule has 1 fully saturated rings. The summed E-state index contributed by atoms with van der Waals surface area (Å²) in [6, 6.07) is 12.4. The summed E-state index contributed by atoms with van der Waals surface area (Å²) in [7, 11) is 1.58. The molecule has 1 aliphatic rings. The molecule has 7 heteroatoms. The zero-order valence-corrected chi connectivity index (χ0v) is 17.7. The van der Waals surface area contributed by atoms with Crippen molar-refractivity contribution in [3.63, 3.8) is 0 Å². The number of piperazine rings is 1. The molecule has 1 N–H and O–H groups in total. The first-order valence-electron chi connectivity index (χ1n) is 9.67. The van der Waals surface area contributed by atoms with Gasteiger partial charge >= 0.3 is 0 Å². The molecule has 1 heterocycles. The highest BCUT2D eigenvalue weighted by Gasteiger charge is 2.24. The number of nitrogens with one attached hydrogen (secondary N) is 1. The van der Waals surface area contributed by atoms with Crippen LogP contribution < -0.4 is 15.0 Å². The van der Waals surface area contributed by atoms with E-state index in [1.165, 1.54) is 0 Å². The number of carbonyl (C=O) groups excluding carboxylic acids is 2. The second-order valence-electron chi connectivity index (χ2n) is 7.32. The summed E-state index contributed by atoms with van der Waals surface area (Å²) in [5.74, 6) is 0.687. The first kappa shape index (κ1) is 21.0. The molecular weight excluding hydrogens is 390 g/mol. The number of rotatable bonds is 5. The SMILES string of the molecule is COc1ccc(C(=O)Nc2ccc(N3CCN(C(=O)C(C)C)CC3)c(Cl)c2)cc1. The quantitative estimate of drug-likeness (QED) is 0.804. The smallest absolute Gasteiger partial charge is 0.255 e. The molecule has 0 bridgehead atoms. The summed E-state index contributed by atoms with van der Waals surface area (Å²) < 4.78 is 5.11. The summed E-state index contributed by atoms with van der Waals surface area (Å²) in [5.41, 5.74) is 2.08. The van der Waals surface area contributed by atoms with Gasteiger partial charge in [0, 0.05) is 43.3 Å². The molecule has 3 rings (SSSR count). The minimum absolute atomic E-state index is 0.0127. The Hall–Kier alpha value is -2.73. The molecule has 0 aliphatic carbocycles. The Labute approximate surface area is 176 Å². The zero-order chi connectivity index (χ0) is 21.0. The van der Waals surface area contributed by atoms with Gasteiger partial charge in [-0.2, -0.15) is 0 Å². The third kappa shape index (κ3) is 5.01. The molecule has 0 spiro atoms. The van der Waals surface area contributed by atoms with E-state index in [1.807, 2.05) is 30.9 Å². The van der Waals surface area contributed by atoms with Crippen LogP contribution >= 0.6 is 11.6 Å². The number of ether oxygens (including phenoxy) is 1. The molecule has 0 atom stereocenters. The highest BCUT2D eigenvalue weighted by molar-refractivity contribution is 6.33. The van der Waals surface area contributed by atoms with E-state index in [1.54, 1.807) is 37.4 Å². The molecule has 6 nitrogen and oxygen atoms in total. The van der Waals surface area contributed by atoms with Crippen molar-refractivity contribution in [2.45, 2.75) is 13.8 Å². The maximum atomic E-state index is 12.4. The van der Waals surface area contributed by atoms with E-state index < -0.39 is 0 Å². The highest BCUT2D eigenvalue weighted by atomic mass is 35.5. The fraction of sp³-hybridized carbons (Fsp3) is 0.364. The second-order valence-corrected chi connectivity index (χ2v) is 7.72. The number of nitrogens with zero attached hydrogens (tertiary/aromatic N) is 2. The number of hydrogen-bond acceptors (Lipinski definition) is 4. The first-order chi connectivity index (χ1) is 13.9. The van der Waals surface area contributed by atoms with Crippen LogP contribution in [0.25, 0.3) is 0 Å². The monoisotopic (exact) mass is 415 g/mol. The van der Waals surface area contributed by atoms with E-state index in [0.717, 1.165) is 18.8 Å². The fourth-order valence-corrected chi connectivity index (χ4v) is 3.62. The van der Waals surface area contributed by atoms with Crippen molar-refractivity contribution >= 4 is 34.8 Å². The number of anilines is 2. The first-order valence-corrected chi connectivity index (χ1v) is 10.1. The van der Waals surface area contributed by atoms with Crippen LogP contribution in [0, 0.1) is 5.92 Å². The molecule has 29 heavy (non-hydrogen) atoms. The number of amides is 2. The van der Waals surface area contributed by atoms with Crippen molar-refractivity contribution in [2.24, 2.45) is 5.92 Å². The van der Waals surface area contributed by atoms with Crippen molar-refractivity contribution in [3.05, 3.63) is 53.1 Å². The lowest BCUT2D eigenvalue weighted by molar-refractivity contribution is -0.134. The molecule has 1 saturated heterocycles. The Morgan fingerprint density at radius 3 is 2.24 bits per heavy atom. The van der Waals surface area contributed by atoms with Crippen molar-refractivity contribution < 1.29 is 14.3 Å². The van der Waals surface area contributed by atoms with E-state index in [0.29, 0.717) is 35.1 Å². The lowest BCUT2D eigenvalue weighted by atomic mass is 10.1. The molecule has 1 aliphatic heterocycles. The van der Waals surface area contributed by atoms with Crippen LogP contribution in [0.2, 0.25) is 5.02 Å².